The Hall–Kier alpha value is -1.21. The number of aromatic nitrogens is 1. The molecule has 1 aliphatic rings. The number of hydrogen-bond donors (Lipinski definition) is 0. The highest BCUT2D eigenvalue weighted by molar-refractivity contribution is 8.03. The standard InChI is InChI=1S/C12H10ClF3N2OS/c13-10-2-1-8(6-17-10)7-18-3-4-20-11(18)5-9(19)12(14,15)16/h1-2,5-6H,3-4,7H2/b11-5-. The SMILES string of the molecule is O=C(/C=C1\SCCN1Cc1ccc(Cl)nc1)C(F)(F)F. The van der Waals surface area contributed by atoms with Crippen LogP contribution in [0.4, 0.5) is 13.2 Å². The first-order chi connectivity index (χ1) is 9.36. The number of alkyl halides is 3. The third-order valence-electron chi connectivity index (χ3n) is 2.62. The van der Waals surface area contributed by atoms with Gasteiger partial charge in [-0.05, 0) is 11.6 Å². The lowest BCUT2D eigenvalue weighted by Crippen LogP contribution is -2.23. The van der Waals surface area contributed by atoms with Gasteiger partial charge in [0.2, 0.25) is 0 Å². The van der Waals surface area contributed by atoms with Crippen molar-refractivity contribution >= 4 is 29.1 Å². The summed E-state index contributed by atoms with van der Waals surface area (Å²) in [6.07, 6.45) is -2.61. The van der Waals surface area contributed by atoms with Gasteiger partial charge in [0.15, 0.2) is 0 Å². The number of rotatable bonds is 3. The second kappa shape index (κ2) is 6.05. The average molecular weight is 323 g/mol. The minimum absolute atomic E-state index is 0.335. The third kappa shape index (κ3) is 3.89. The predicted octanol–water partition coefficient (Wildman–Crippen LogP) is 3.26. The number of allylic oxidation sites excluding steroid dienone is 1. The van der Waals surface area contributed by atoms with Gasteiger partial charge in [0, 0.05) is 31.1 Å². The minimum Gasteiger partial charge on any atom is -0.361 e. The van der Waals surface area contributed by atoms with E-state index in [1.54, 1.807) is 23.2 Å². The van der Waals surface area contributed by atoms with E-state index in [1.165, 1.54) is 11.8 Å². The maximum atomic E-state index is 12.3. The smallest absolute Gasteiger partial charge is 0.361 e. The molecule has 0 atom stereocenters. The summed E-state index contributed by atoms with van der Waals surface area (Å²) in [5.74, 6) is -1.18. The molecule has 0 unspecified atom stereocenters. The Kier molecular flexibility index (Phi) is 4.59. The number of hydrogen-bond acceptors (Lipinski definition) is 4. The molecule has 3 nitrogen and oxygen atoms in total. The van der Waals surface area contributed by atoms with Gasteiger partial charge in [0.1, 0.15) is 5.15 Å². The molecule has 0 saturated carbocycles. The Morgan fingerprint density at radius 1 is 1.50 bits per heavy atom. The van der Waals surface area contributed by atoms with Gasteiger partial charge in [-0.1, -0.05) is 17.7 Å². The maximum Gasteiger partial charge on any atom is 0.454 e. The molecule has 1 fully saturated rings. The molecule has 0 aromatic carbocycles. The van der Waals surface area contributed by atoms with Crippen LogP contribution < -0.4 is 0 Å². The van der Waals surface area contributed by atoms with Crippen LogP contribution in [-0.4, -0.2) is 34.1 Å². The Bertz CT molecular complexity index is 530. The number of nitrogens with zero attached hydrogens (tertiary/aromatic N) is 2. The van der Waals surface area contributed by atoms with Gasteiger partial charge in [0.25, 0.3) is 5.78 Å². The average Bonchev–Trinajstić information content (AvgIpc) is 2.78. The highest BCUT2D eigenvalue weighted by Gasteiger charge is 2.37. The van der Waals surface area contributed by atoms with Gasteiger partial charge in [-0.15, -0.1) is 11.8 Å². The molecule has 1 aliphatic heterocycles. The molecule has 108 valence electrons. The van der Waals surface area contributed by atoms with Crippen LogP contribution in [0.25, 0.3) is 0 Å². The second-order valence-electron chi connectivity index (χ2n) is 4.10. The Labute approximate surface area is 122 Å². The monoisotopic (exact) mass is 322 g/mol. The molecule has 0 radical (unpaired) electrons. The van der Waals surface area contributed by atoms with Gasteiger partial charge in [-0.3, -0.25) is 4.79 Å². The van der Waals surface area contributed by atoms with E-state index in [0.717, 1.165) is 5.56 Å². The molecule has 0 aliphatic carbocycles. The highest BCUT2D eigenvalue weighted by atomic mass is 35.5. The van der Waals surface area contributed by atoms with Crippen molar-refractivity contribution in [1.29, 1.82) is 0 Å². The van der Waals surface area contributed by atoms with E-state index in [4.69, 9.17) is 11.6 Å². The van der Waals surface area contributed by atoms with Gasteiger partial charge in [-0.25, -0.2) is 4.98 Å². The van der Waals surface area contributed by atoms with Crippen LogP contribution in [0.3, 0.4) is 0 Å². The third-order valence-corrected chi connectivity index (χ3v) is 3.90. The molecule has 0 bridgehead atoms. The fourth-order valence-corrected chi connectivity index (χ4v) is 2.83. The summed E-state index contributed by atoms with van der Waals surface area (Å²) < 4.78 is 36.8. The largest absolute Gasteiger partial charge is 0.454 e. The highest BCUT2D eigenvalue weighted by Crippen LogP contribution is 2.30. The number of pyridine rings is 1. The Balaban J connectivity index is 2.09. The minimum atomic E-state index is -4.83. The number of carbonyl (C=O) groups is 1. The summed E-state index contributed by atoms with van der Waals surface area (Å²) >= 11 is 6.90. The summed E-state index contributed by atoms with van der Waals surface area (Å²) in [6.45, 7) is 0.985. The summed E-state index contributed by atoms with van der Waals surface area (Å²) in [5.41, 5.74) is 0.822. The van der Waals surface area contributed by atoms with Crippen LogP contribution in [0.1, 0.15) is 5.56 Å². The topological polar surface area (TPSA) is 33.2 Å². The molecule has 1 aromatic heterocycles. The molecular formula is C12H10ClF3N2OS. The van der Waals surface area contributed by atoms with E-state index < -0.39 is 12.0 Å². The van der Waals surface area contributed by atoms with Crippen molar-refractivity contribution in [2.45, 2.75) is 12.7 Å². The number of ketones is 1. The van der Waals surface area contributed by atoms with Crippen molar-refractivity contribution in [1.82, 2.24) is 9.88 Å². The number of carbonyl (C=O) groups excluding carboxylic acids is 1. The molecular weight excluding hydrogens is 313 g/mol. The van der Waals surface area contributed by atoms with Crippen molar-refractivity contribution < 1.29 is 18.0 Å². The molecule has 0 N–H and O–H groups in total. The van der Waals surface area contributed by atoms with Crippen LogP contribution in [0.5, 0.6) is 0 Å². The van der Waals surface area contributed by atoms with E-state index in [0.29, 0.717) is 35.1 Å². The lowest BCUT2D eigenvalue weighted by molar-refractivity contribution is -0.165. The van der Waals surface area contributed by atoms with Crippen LogP contribution in [-0.2, 0) is 11.3 Å². The van der Waals surface area contributed by atoms with Gasteiger partial charge in [0.05, 0.1) is 5.03 Å². The molecule has 20 heavy (non-hydrogen) atoms. The molecule has 1 saturated heterocycles. The zero-order chi connectivity index (χ0) is 14.8. The Morgan fingerprint density at radius 2 is 2.25 bits per heavy atom. The molecule has 2 heterocycles. The van der Waals surface area contributed by atoms with Crippen molar-refractivity contribution in [3.63, 3.8) is 0 Å². The summed E-state index contributed by atoms with van der Waals surface area (Å²) in [4.78, 5) is 16.6. The van der Waals surface area contributed by atoms with Crippen molar-refractivity contribution in [3.8, 4) is 0 Å². The van der Waals surface area contributed by atoms with Gasteiger partial charge in [-0.2, -0.15) is 13.2 Å². The molecule has 0 spiro atoms. The van der Waals surface area contributed by atoms with E-state index in [-0.39, 0.29) is 0 Å². The van der Waals surface area contributed by atoms with E-state index in [2.05, 4.69) is 4.98 Å². The van der Waals surface area contributed by atoms with Crippen LogP contribution in [0.2, 0.25) is 5.15 Å². The summed E-state index contributed by atoms with van der Waals surface area (Å²) in [6, 6.07) is 3.37. The van der Waals surface area contributed by atoms with Crippen LogP contribution in [0.15, 0.2) is 29.4 Å². The van der Waals surface area contributed by atoms with Crippen molar-refractivity contribution in [2.75, 3.05) is 12.3 Å². The van der Waals surface area contributed by atoms with Crippen molar-refractivity contribution in [3.05, 3.63) is 40.2 Å². The first-order valence-electron chi connectivity index (χ1n) is 5.67. The normalized spacial score (nSPS) is 17.8. The van der Waals surface area contributed by atoms with Crippen LogP contribution in [0, 0.1) is 0 Å². The van der Waals surface area contributed by atoms with Crippen molar-refractivity contribution in [2.24, 2.45) is 0 Å². The quantitative estimate of drug-likeness (QED) is 0.632. The van der Waals surface area contributed by atoms with E-state index in [9.17, 15) is 18.0 Å². The Morgan fingerprint density at radius 3 is 2.85 bits per heavy atom. The zero-order valence-electron chi connectivity index (χ0n) is 10.2. The first-order valence-corrected chi connectivity index (χ1v) is 7.03. The molecule has 2 rings (SSSR count). The fourth-order valence-electron chi connectivity index (χ4n) is 1.67. The number of thioether (sulfide) groups is 1. The van der Waals surface area contributed by atoms with Crippen LogP contribution >= 0.6 is 23.4 Å². The van der Waals surface area contributed by atoms with E-state index >= 15 is 0 Å². The number of halogens is 4. The molecule has 8 heteroatoms. The predicted molar refractivity (Wildman–Crippen MR) is 71.3 cm³/mol. The van der Waals surface area contributed by atoms with E-state index in [1.807, 2.05) is 0 Å². The molecule has 1 aromatic rings. The summed E-state index contributed by atoms with van der Waals surface area (Å²) in [7, 11) is 0. The first kappa shape index (κ1) is 15.2. The van der Waals surface area contributed by atoms with Gasteiger partial charge < -0.3 is 4.90 Å². The zero-order valence-corrected chi connectivity index (χ0v) is 11.7. The maximum absolute atomic E-state index is 12.3. The lowest BCUT2D eigenvalue weighted by Gasteiger charge is -2.18. The second-order valence-corrected chi connectivity index (χ2v) is 5.61. The lowest BCUT2D eigenvalue weighted by atomic mass is 10.2. The molecule has 0 amide bonds. The summed E-state index contributed by atoms with van der Waals surface area (Å²) in [5, 5.41) is 0.690. The fraction of sp³-hybridized carbons (Fsp3) is 0.333. The van der Waals surface area contributed by atoms with Gasteiger partial charge >= 0.3 is 6.18 Å².